The number of amides is 2. The third-order valence-electron chi connectivity index (χ3n) is 5.50. The summed E-state index contributed by atoms with van der Waals surface area (Å²) in [5, 5.41) is 2.78. The highest BCUT2D eigenvalue weighted by molar-refractivity contribution is 5.77. The number of rotatable bonds is 6. The Labute approximate surface area is 150 Å². The van der Waals surface area contributed by atoms with E-state index >= 15 is 0 Å². The fourth-order valence-corrected chi connectivity index (χ4v) is 4.14. The van der Waals surface area contributed by atoms with Crippen LogP contribution in [0.3, 0.4) is 0 Å². The van der Waals surface area contributed by atoms with Crippen molar-refractivity contribution in [3.63, 3.8) is 0 Å². The van der Waals surface area contributed by atoms with Crippen molar-refractivity contribution in [2.45, 2.75) is 70.9 Å². The minimum absolute atomic E-state index is 0.0585. The largest absolute Gasteiger partial charge is 0.351 e. The van der Waals surface area contributed by atoms with E-state index < -0.39 is 0 Å². The van der Waals surface area contributed by atoms with E-state index in [0.717, 1.165) is 43.1 Å². The van der Waals surface area contributed by atoms with Gasteiger partial charge in [0.15, 0.2) is 0 Å². The number of nitrogens with zero attached hydrogens (tertiary/aromatic N) is 2. The molecule has 2 fully saturated rings. The molecule has 1 N–H and O–H groups in total. The Morgan fingerprint density at radius 2 is 2.00 bits per heavy atom. The molecular weight excluding hydrogens is 314 g/mol. The number of hydrogen-bond acceptors (Lipinski definition) is 3. The van der Waals surface area contributed by atoms with Gasteiger partial charge in [-0.25, -0.2) is 0 Å². The highest BCUT2D eigenvalue weighted by Crippen LogP contribution is 2.33. The summed E-state index contributed by atoms with van der Waals surface area (Å²) in [7, 11) is 0. The van der Waals surface area contributed by atoms with E-state index in [1.54, 1.807) is 0 Å². The molecule has 5 nitrogen and oxygen atoms in total. The zero-order valence-corrected chi connectivity index (χ0v) is 15.2. The molecule has 0 spiro atoms. The van der Waals surface area contributed by atoms with Gasteiger partial charge in [0.05, 0.1) is 24.0 Å². The van der Waals surface area contributed by atoms with E-state index in [9.17, 15) is 9.59 Å². The van der Waals surface area contributed by atoms with Gasteiger partial charge in [-0.05, 0) is 37.3 Å². The van der Waals surface area contributed by atoms with Crippen LogP contribution in [0.4, 0.5) is 0 Å². The zero-order chi connectivity index (χ0) is 17.6. The fraction of sp³-hybridized carbons (Fsp3) is 0.650. The lowest BCUT2D eigenvalue weighted by Crippen LogP contribution is -2.31. The first-order chi connectivity index (χ1) is 12.1. The van der Waals surface area contributed by atoms with Gasteiger partial charge in [-0.2, -0.15) is 0 Å². The molecule has 1 aliphatic carbocycles. The van der Waals surface area contributed by atoms with Crippen molar-refractivity contribution >= 4 is 11.8 Å². The maximum atomic E-state index is 12.7. The Balaban J connectivity index is 1.61. The Bertz CT molecular complexity index is 611. The lowest BCUT2D eigenvalue weighted by atomic mass is 10.0. The quantitative estimate of drug-likeness (QED) is 0.861. The third-order valence-corrected chi connectivity index (χ3v) is 5.50. The Hall–Kier alpha value is -1.91. The maximum Gasteiger partial charge on any atom is 0.223 e. The Morgan fingerprint density at radius 3 is 2.76 bits per heavy atom. The molecule has 0 aromatic carbocycles. The fourth-order valence-electron chi connectivity index (χ4n) is 4.14. The first-order valence-electron chi connectivity index (χ1n) is 9.63. The molecule has 1 saturated carbocycles. The number of pyridine rings is 1. The average Bonchev–Trinajstić information content (AvgIpc) is 3.29. The normalized spacial score (nSPS) is 20.8. The minimum atomic E-state index is -0.0585. The highest BCUT2D eigenvalue weighted by atomic mass is 16.2. The van der Waals surface area contributed by atoms with Crippen LogP contribution in [-0.2, 0) is 16.1 Å². The van der Waals surface area contributed by atoms with Gasteiger partial charge in [0.1, 0.15) is 0 Å². The van der Waals surface area contributed by atoms with Gasteiger partial charge in [-0.3, -0.25) is 14.6 Å². The summed E-state index contributed by atoms with van der Waals surface area (Å²) in [5.41, 5.74) is 1.80. The molecule has 5 heteroatoms. The van der Waals surface area contributed by atoms with Gasteiger partial charge in [-0.1, -0.05) is 31.7 Å². The van der Waals surface area contributed by atoms with Gasteiger partial charge in [-0.15, -0.1) is 0 Å². The number of carbonyl (C=O) groups excluding carboxylic acids is 2. The molecule has 136 valence electrons. The standard InChI is InChI=1S/C20H29N3O2/c1-15(24)21-14-17-8-4-9-18(22-17)19-10-5-13-23(19)20(25)12-11-16-6-2-3-7-16/h4,8-9,16,19H,2-3,5-7,10-14H2,1H3,(H,21,24)/t19-/m1/s1. The molecule has 1 aromatic rings. The summed E-state index contributed by atoms with van der Waals surface area (Å²) in [4.78, 5) is 30.5. The minimum Gasteiger partial charge on any atom is -0.351 e. The summed E-state index contributed by atoms with van der Waals surface area (Å²) in [5.74, 6) is 0.976. The third kappa shape index (κ3) is 4.80. The van der Waals surface area contributed by atoms with E-state index in [1.165, 1.54) is 32.6 Å². The number of hydrogen-bond donors (Lipinski definition) is 1. The topological polar surface area (TPSA) is 62.3 Å². The molecule has 1 saturated heterocycles. The van der Waals surface area contributed by atoms with Crippen molar-refractivity contribution < 1.29 is 9.59 Å². The number of likely N-dealkylation sites (tertiary alicyclic amines) is 1. The van der Waals surface area contributed by atoms with Crippen molar-refractivity contribution in [2.24, 2.45) is 5.92 Å². The Morgan fingerprint density at radius 1 is 1.20 bits per heavy atom. The lowest BCUT2D eigenvalue weighted by Gasteiger charge is -2.25. The van der Waals surface area contributed by atoms with Crippen LogP contribution in [0.2, 0.25) is 0 Å². The maximum absolute atomic E-state index is 12.7. The van der Waals surface area contributed by atoms with Gasteiger partial charge >= 0.3 is 0 Å². The SMILES string of the molecule is CC(=O)NCc1cccc([C@H]2CCCN2C(=O)CCC2CCCC2)n1. The summed E-state index contributed by atoms with van der Waals surface area (Å²) >= 11 is 0. The van der Waals surface area contributed by atoms with Crippen molar-refractivity contribution in [1.82, 2.24) is 15.2 Å². The van der Waals surface area contributed by atoms with Crippen molar-refractivity contribution in [3.05, 3.63) is 29.6 Å². The molecule has 2 aliphatic rings. The zero-order valence-electron chi connectivity index (χ0n) is 15.2. The molecule has 0 bridgehead atoms. The van der Waals surface area contributed by atoms with Gasteiger partial charge < -0.3 is 10.2 Å². The van der Waals surface area contributed by atoms with Crippen LogP contribution in [0.5, 0.6) is 0 Å². The van der Waals surface area contributed by atoms with Crippen LogP contribution in [-0.4, -0.2) is 28.2 Å². The van der Waals surface area contributed by atoms with E-state index in [-0.39, 0.29) is 17.9 Å². The summed E-state index contributed by atoms with van der Waals surface area (Å²) in [6, 6.07) is 5.98. The van der Waals surface area contributed by atoms with Crippen molar-refractivity contribution in [3.8, 4) is 0 Å². The summed E-state index contributed by atoms with van der Waals surface area (Å²) in [6.07, 6.45) is 8.98. The van der Waals surface area contributed by atoms with Crippen molar-refractivity contribution in [1.29, 1.82) is 0 Å². The monoisotopic (exact) mass is 343 g/mol. The molecule has 1 atom stereocenters. The van der Waals surface area contributed by atoms with Crippen molar-refractivity contribution in [2.75, 3.05) is 6.54 Å². The molecule has 25 heavy (non-hydrogen) atoms. The average molecular weight is 343 g/mol. The molecular formula is C20H29N3O2. The van der Waals surface area contributed by atoms with Crippen LogP contribution in [0.25, 0.3) is 0 Å². The molecule has 1 aromatic heterocycles. The first kappa shape index (κ1) is 17.9. The molecule has 0 radical (unpaired) electrons. The smallest absolute Gasteiger partial charge is 0.223 e. The molecule has 2 amide bonds. The predicted molar refractivity (Wildman–Crippen MR) is 96.6 cm³/mol. The number of aromatic nitrogens is 1. The van der Waals surface area contributed by atoms with Gasteiger partial charge in [0.25, 0.3) is 0 Å². The summed E-state index contributed by atoms with van der Waals surface area (Å²) < 4.78 is 0. The van der Waals surface area contributed by atoms with Crippen LogP contribution < -0.4 is 5.32 Å². The summed E-state index contributed by atoms with van der Waals surface area (Å²) in [6.45, 7) is 2.78. The van der Waals surface area contributed by atoms with Crippen LogP contribution in [0.15, 0.2) is 18.2 Å². The Kier molecular flexibility index (Phi) is 6.05. The van der Waals surface area contributed by atoms with E-state index in [2.05, 4.69) is 10.3 Å². The number of carbonyl (C=O) groups is 2. The molecule has 0 unspecified atom stereocenters. The van der Waals surface area contributed by atoms with Crippen LogP contribution in [0, 0.1) is 5.92 Å². The van der Waals surface area contributed by atoms with E-state index in [0.29, 0.717) is 13.0 Å². The lowest BCUT2D eigenvalue weighted by molar-refractivity contribution is -0.132. The molecule has 1 aliphatic heterocycles. The second kappa shape index (κ2) is 8.45. The van der Waals surface area contributed by atoms with E-state index in [4.69, 9.17) is 0 Å². The van der Waals surface area contributed by atoms with Gasteiger partial charge in [0.2, 0.25) is 11.8 Å². The second-order valence-corrected chi connectivity index (χ2v) is 7.40. The van der Waals surface area contributed by atoms with Crippen LogP contribution in [0.1, 0.15) is 75.7 Å². The second-order valence-electron chi connectivity index (χ2n) is 7.40. The molecule has 2 heterocycles. The van der Waals surface area contributed by atoms with Gasteiger partial charge in [0, 0.05) is 19.9 Å². The number of nitrogens with one attached hydrogen (secondary N) is 1. The van der Waals surface area contributed by atoms with Crippen LogP contribution >= 0.6 is 0 Å². The first-order valence-corrected chi connectivity index (χ1v) is 9.63. The predicted octanol–water partition coefficient (Wildman–Crippen LogP) is 3.35. The van der Waals surface area contributed by atoms with E-state index in [1.807, 2.05) is 23.1 Å². The highest BCUT2D eigenvalue weighted by Gasteiger charge is 2.31. The molecule has 3 rings (SSSR count).